The second kappa shape index (κ2) is 7.82. The Morgan fingerprint density at radius 2 is 2.19 bits per heavy atom. The van der Waals surface area contributed by atoms with Crippen LogP contribution in [-0.2, 0) is 11.2 Å². The van der Waals surface area contributed by atoms with Gasteiger partial charge in [0, 0.05) is 31.3 Å². The van der Waals surface area contributed by atoms with Crippen molar-refractivity contribution in [2.75, 3.05) is 13.2 Å². The van der Waals surface area contributed by atoms with E-state index in [4.69, 9.17) is 15.9 Å². The maximum atomic E-state index is 7.05. The van der Waals surface area contributed by atoms with Crippen LogP contribution >= 0.6 is 0 Å². The number of nitrogens with two attached hydrogens (primary N) is 1. The molecule has 0 aliphatic rings. The summed E-state index contributed by atoms with van der Waals surface area (Å²) in [7, 11) is 0. The molecule has 1 rings (SSSR count). The Labute approximate surface area is 96.3 Å². The Morgan fingerprint density at radius 1 is 1.31 bits per heavy atom. The van der Waals surface area contributed by atoms with E-state index in [2.05, 4.69) is 4.98 Å². The van der Waals surface area contributed by atoms with Gasteiger partial charge in [-0.15, -0.1) is 0 Å². The van der Waals surface area contributed by atoms with Gasteiger partial charge in [-0.05, 0) is 25.0 Å². The summed E-state index contributed by atoms with van der Waals surface area (Å²) in [5.74, 6) is 0.258. The number of ether oxygens (including phenoxy) is 1. The monoisotopic (exact) mass is 221 g/mol. The normalized spacial score (nSPS) is 10.2. The molecule has 0 aliphatic carbocycles. The average molecular weight is 221 g/mol. The van der Waals surface area contributed by atoms with E-state index in [0.29, 0.717) is 13.0 Å². The second-order valence-electron chi connectivity index (χ2n) is 3.67. The fourth-order valence-electron chi connectivity index (χ4n) is 1.34. The van der Waals surface area contributed by atoms with Crippen LogP contribution in [0.2, 0.25) is 0 Å². The number of rotatable bonds is 8. The van der Waals surface area contributed by atoms with Crippen LogP contribution in [0.25, 0.3) is 0 Å². The highest BCUT2D eigenvalue weighted by molar-refractivity contribution is 5.76. The summed E-state index contributed by atoms with van der Waals surface area (Å²) in [6, 6.07) is 5.89. The number of nitrogens with zero attached hydrogens (tertiary/aromatic N) is 1. The number of unbranched alkanes of at least 4 members (excludes halogenated alkanes) is 1. The van der Waals surface area contributed by atoms with Gasteiger partial charge in [-0.3, -0.25) is 10.4 Å². The van der Waals surface area contributed by atoms with Crippen LogP contribution in [0.5, 0.6) is 0 Å². The third-order valence-electron chi connectivity index (χ3n) is 2.21. The van der Waals surface area contributed by atoms with Gasteiger partial charge in [-0.2, -0.15) is 0 Å². The zero-order chi connectivity index (χ0) is 11.6. The summed E-state index contributed by atoms with van der Waals surface area (Å²) in [5.41, 5.74) is 6.30. The lowest BCUT2D eigenvalue weighted by molar-refractivity contribution is 0.133. The molecule has 0 atom stereocenters. The predicted octanol–water partition coefficient (Wildman–Crippen LogP) is 1.75. The van der Waals surface area contributed by atoms with Crippen LogP contribution in [-0.4, -0.2) is 24.0 Å². The fourth-order valence-corrected chi connectivity index (χ4v) is 1.34. The summed E-state index contributed by atoms with van der Waals surface area (Å²) < 4.78 is 5.47. The van der Waals surface area contributed by atoms with Crippen molar-refractivity contribution in [3.05, 3.63) is 30.1 Å². The Kier molecular flexibility index (Phi) is 6.18. The first-order valence-corrected chi connectivity index (χ1v) is 5.59. The number of aromatic nitrogens is 1. The topological polar surface area (TPSA) is 72.0 Å². The van der Waals surface area contributed by atoms with Gasteiger partial charge >= 0.3 is 0 Å². The lowest BCUT2D eigenvalue weighted by Gasteiger charge is -2.03. The molecule has 0 spiro atoms. The molecule has 88 valence electrons. The van der Waals surface area contributed by atoms with E-state index >= 15 is 0 Å². The van der Waals surface area contributed by atoms with Gasteiger partial charge in [-0.1, -0.05) is 6.07 Å². The summed E-state index contributed by atoms with van der Waals surface area (Å²) in [6.45, 7) is 1.44. The molecule has 1 aromatic heterocycles. The van der Waals surface area contributed by atoms with Crippen molar-refractivity contribution in [2.45, 2.75) is 25.7 Å². The van der Waals surface area contributed by atoms with Gasteiger partial charge in [0.15, 0.2) is 0 Å². The quantitative estimate of drug-likeness (QED) is 0.399. The van der Waals surface area contributed by atoms with E-state index < -0.39 is 0 Å². The maximum Gasteiger partial charge on any atom is 0.0905 e. The van der Waals surface area contributed by atoms with Gasteiger partial charge in [-0.25, -0.2) is 0 Å². The molecule has 3 N–H and O–H groups in total. The summed E-state index contributed by atoms with van der Waals surface area (Å²) in [6.07, 6.45) is 5.21. The second-order valence-corrected chi connectivity index (χ2v) is 3.67. The molecular weight excluding hydrogens is 202 g/mol. The van der Waals surface area contributed by atoms with E-state index in [9.17, 15) is 0 Å². The lowest BCUT2D eigenvalue weighted by atomic mass is 10.2. The molecule has 4 heteroatoms. The molecule has 4 nitrogen and oxygen atoms in total. The number of hydrogen-bond acceptors (Lipinski definition) is 3. The highest BCUT2D eigenvalue weighted by Gasteiger charge is 1.94. The molecule has 0 unspecified atom stereocenters. The third-order valence-corrected chi connectivity index (χ3v) is 2.21. The molecule has 16 heavy (non-hydrogen) atoms. The Balaban J connectivity index is 1.94. The molecule has 0 radical (unpaired) electrons. The van der Waals surface area contributed by atoms with Crippen LogP contribution in [0.15, 0.2) is 24.4 Å². The van der Waals surface area contributed by atoms with Gasteiger partial charge < -0.3 is 10.5 Å². The minimum absolute atomic E-state index is 0.258. The Bertz CT molecular complexity index is 300. The SMILES string of the molecule is N=C(N)CCCCOCCc1ccccn1. The standard InChI is InChI=1S/C12H19N3O/c13-12(14)6-2-4-9-16-10-7-11-5-1-3-8-15-11/h1,3,5,8H,2,4,6-7,9-10H2,(H3,13,14). The van der Waals surface area contributed by atoms with Crippen molar-refractivity contribution in [1.29, 1.82) is 5.41 Å². The zero-order valence-electron chi connectivity index (χ0n) is 9.48. The van der Waals surface area contributed by atoms with Crippen molar-refractivity contribution in [1.82, 2.24) is 4.98 Å². The highest BCUT2D eigenvalue weighted by atomic mass is 16.5. The fraction of sp³-hybridized carbons (Fsp3) is 0.500. The van der Waals surface area contributed by atoms with Crippen LogP contribution in [0.4, 0.5) is 0 Å². The van der Waals surface area contributed by atoms with E-state index in [1.165, 1.54) is 0 Å². The van der Waals surface area contributed by atoms with Crippen molar-refractivity contribution in [2.24, 2.45) is 5.73 Å². The van der Waals surface area contributed by atoms with Crippen molar-refractivity contribution < 1.29 is 4.74 Å². The van der Waals surface area contributed by atoms with Crippen molar-refractivity contribution in [3.8, 4) is 0 Å². The predicted molar refractivity (Wildman–Crippen MR) is 64.5 cm³/mol. The van der Waals surface area contributed by atoms with E-state index in [0.717, 1.165) is 31.6 Å². The zero-order valence-corrected chi connectivity index (χ0v) is 9.48. The van der Waals surface area contributed by atoms with Crippen LogP contribution in [0.1, 0.15) is 25.0 Å². The van der Waals surface area contributed by atoms with Gasteiger partial charge in [0.05, 0.1) is 12.4 Å². The maximum absolute atomic E-state index is 7.05. The molecular formula is C12H19N3O. The van der Waals surface area contributed by atoms with Crippen molar-refractivity contribution >= 4 is 5.84 Å². The minimum Gasteiger partial charge on any atom is -0.388 e. The molecule has 0 saturated heterocycles. The number of nitrogens with one attached hydrogen (secondary N) is 1. The lowest BCUT2D eigenvalue weighted by Crippen LogP contribution is -2.09. The molecule has 0 fully saturated rings. The van der Waals surface area contributed by atoms with Crippen molar-refractivity contribution in [3.63, 3.8) is 0 Å². The summed E-state index contributed by atoms with van der Waals surface area (Å²) >= 11 is 0. The number of hydrogen-bond donors (Lipinski definition) is 2. The van der Waals surface area contributed by atoms with E-state index in [1.807, 2.05) is 18.2 Å². The molecule has 1 aromatic rings. The molecule has 1 heterocycles. The first-order chi connectivity index (χ1) is 7.79. The van der Waals surface area contributed by atoms with Crippen LogP contribution in [0, 0.1) is 5.41 Å². The Morgan fingerprint density at radius 3 is 2.88 bits per heavy atom. The first kappa shape index (κ1) is 12.6. The number of amidine groups is 1. The molecule has 0 aromatic carbocycles. The van der Waals surface area contributed by atoms with Gasteiger partial charge in [0.2, 0.25) is 0 Å². The Hall–Kier alpha value is -1.42. The molecule has 0 amide bonds. The summed E-state index contributed by atoms with van der Waals surface area (Å²) in [5, 5.41) is 7.05. The smallest absolute Gasteiger partial charge is 0.0905 e. The molecule has 0 aliphatic heterocycles. The van der Waals surface area contributed by atoms with Crippen LogP contribution < -0.4 is 5.73 Å². The molecule has 0 bridgehead atoms. The first-order valence-electron chi connectivity index (χ1n) is 5.59. The third kappa shape index (κ3) is 6.14. The van der Waals surface area contributed by atoms with Gasteiger partial charge in [0.25, 0.3) is 0 Å². The molecule has 0 saturated carbocycles. The highest BCUT2D eigenvalue weighted by Crippen LogP contribution is 1.98. The van der Waals surface area contributed by atoms with E-state index in [-0.39, 0.29) is 5.84 Å². The minimum atomic E-state index is 0.258. The largest absolute Gasteiger partial charge is 0.388 e. The van der Waals surface area contributed by atoms with Crippen LogP contribution in [0.3, 0.4) is 0 Å². The summed E-state index contributed by atoms with van der Waals surface area (Å²) in [4.78, 5) is 4.21. The van der Waals surface area contributed by atoms with E-state index in [1.54, 1.807) is 6.20 Å². The van der Waals surface area contributed by atoms with Gasteiger partial charge in [0.1, 0.15) is 0 Å². The number of pyridine rings is 1. The average Bonchev–Trinajstić information content (AvgIpc) is 2.29.